The van der Waals surface area contributed by atoms with Crippen LogP contribution in [0.25, 0.3) is 0 Å². The third kappa shape index (κ3) is 2.84. The second-order valence-corrected chi connectivity index (χ2v) is 7.73. The molecule has 0 spiro atoms. The maximum Gasteiger partial charge on any atom is 0.251 e. The molecule has 1 aromatic rings. The number of hydrogen-bond donors (Lipinski definition) is 2. The molecule has 0 aromatic carbocycles. The lowest BCUT2D eigenvalue weighted by molar-refractivity contribution is -0.0228. The van der Waals surface area contributed by atoms with Gasteiger partial charge in [0.2, 0.25) is 0 Å². The number of aromatic nitrogens is 1. The maximum absolute atomic E-state index is 11.9. The first-order valence-corrected chi connectivity index (χ1v) is 7.96. The van der Waals surface area contributed by atoms with Crippen LogP contribution in [0.2, 0.25) is 4.47 Å². The molecular weight excluding hydrogens is 300 g/mol. The van der Waals surface area contributed by atoms with Crippen LogP contribution in [0.3, 0.4) is 0 Å². The van der Waals surface area contributed by atoms with E-state index < -0.39 is 21.7 Å². The van der Waals surface area contributed by atoms with Crippen LogP contribution in [0.4, 0.5) is 0 Å². The van der Waals surface area contributed by atoms with Crippen LogP contribution >= 0.6 is 22.9 Å². The Balaban J connectivity index is 2.06. The third-order valence-corrected chi connectivity index (χ3v) is 5.93. The maximum atomic E-state index is 11.9. The van der Waals surface area contributed by atoms with Crippen LogP contribution in [0.15, 0.2) is 10.4 Å². The monoisotopic (exact) mass is 312 g/mol. The Labute approximate surface area is 114 Å². The summed E-state index contributed by atoms with van der Waals surface area (Å²) in [4.78, 5) is 3.67. The van der Waals surface area contributed by atoms with E-state index in [1.54, 1.807) is 6.92 Å². The Hall–Kier alpha value is -0.250. The van der Waals surface area contributed by atoms with Gasteiger partial charge in [0.05, 0.1) is 12.3 Å². The molecule has 0 radical (unpaired) electrons. The highest BCUT2D eigenvalue weighted by molar-refractivity contribution is 7.91. The normalized spacial score (nSPS) is 28.7. The number of halogens is 1. The molecule has 1 aliphatic heterocycles. The molecule has 102 valence electrons. The van der Waals surface area contributed by atoms with Crippen LogP contribution in [0.5, 0.6) is 0 Å². The lowest BCUT2D eigenvalue weighted by Gasteiger charge is -2.25. The van der Waals surface area contributed by atoms with E-state index in [2.05, 4.69) is 9.71 Å². The first kappa shape index (κ1) is 14.2. The predicted molar refractivity (Wildman–Crippen MR) is 67.3 cm³/mol. The van der Waals surface area contributed by atoms with Crippen molar-refractivity contribution in [2.45, 2.75) is 29.3 Å². The summed E-state index contributed by atoms with van der Waals surface area (Å²) in [6.07, 6.45) is 1.19. The van der Waals surface area contributed by atoms with Gasteiger partial charge in [-0.1, -0.05) is 22.9 Å². The van der Waals surface area contributed by atoms with Gasteiger partial charge in [0, 0.05) is 19.6 Å². The summed E-state index contributed by atoms with van der Waals surface area (Å²) >= 11 is 6.46. The first-order chi connectivity index (χ1) is 8.33. The Morgan fingerprint density at radius 1 is 1.78 bits per heavy atom. The standard InChI is InChI=1S/C9H13ClN2O4S2/c1-6-9(13,2-3-16-6)5-12-18(14,15)7-4-11-8(10)17-7/h4,6,12-13H,2-3,5H2,1H3. The Bertz CT molecular complexity index is 532. The number of nitrogens with one attached hydrogen (secondary N) is 1. The Morgan fingerprint density at radius 3 is 3.00 bits per heavy atom. The minimum atomic E-state index is -3.68. The number of sulfonamides is 1. The quantitative estimate of drug-likeness (QED) is 0.850. The summed E-state index contributed by atoms with van der Waals surface area (Å²) in [6.45, 7) is 2.04. The van der Waals surface area contributed by atoms with Gasteiger partial charge in [-0.25, -0.2) is 18.1 Å². The van der Waals surface area contributed by atoms with Gasteiger partial charge in [-0.15, -0.1) is 0 Å². The summed E-state index contributed by atoms with van der Waals surface area (Å²) in [5, 5.41) is 10.2. The zero-order chi connectivity index (χ0) is 13.4. The molecule has 2 atom stereocenters. The molecule has 2 unspecified atom stereocenters. The van der Waals surface area contributed by atoms with Crippen molar-refractivity contribution in [2.75, 3.05) is 13.2 Å². The molecule has 0 amide bonds. The van der Waals surface area contributed by atoms with E-state index in [1.165, 1.54) is 6.20 Å². The third-order valence-electron chi connectivity index (χ3n) is 2.95. The molecule has 2 heterocycles. The summed E-state index contributed by atoms with van der Waals surface area (Å²) in [6, 6.07) is 0. The first-order valence-electron chi connectivity index (χ1n) is 5.28. The number of thiazole rings is 1. The second kappa shape index (κ2) is 5.03. The minimum absolute atomic E-state index is 0.0302. The van der Waals surface area contributed by atoms with Gasteiger partial charge in [-0.2, -0.15) is 0 Å². The van der Waals surface area contributed by atoms with E-state index in [1.807, 2.05) is 0 Å². The van der Waals surface area contributed by atoms with Crippen molar-refractivity contribution in [3.05, 3.63) is 10.7 Å². The van der Waals surface area contributed by atoms with Crippen molar-refractivity contribution in [3.63, 3.8) is 0 Å². The number of ether oxygens (including phenoxy) is 1. The van der Waals surface area contributed by atoms with Crippen molar-refractivity contribution >= 4 is 33.0 Å². The predicted octanol–water partition coefficient (Wildman–Crippen LogP) is 0.615. The van der Waals surface area contributed by atoms with Crippen molar-refractivity contribution < 1.29 is 18.3 Å². The molecule has 0 bridgehead atoms. The highest BCUT2D eigenvalue weighted by atomic mass is 35.5. The molecule has 1 aromatic heterocycles. The van der Waals surface area contributed by atoms with Gasteiger partial charge >= 0.3 is 0 Å². The topological polar surface area (TPSA) is 88.5 Å². The van der Waals surface area contributed by atoms with Gasteiger partial charge in [-0.05, 0) is 6.92 Å². The van der Waals surface area contributed by atoms with Crippen molar-refractivity contribution in [2.24, 2.45) is 0 Å². The molecule has 18 heavy (non-hydrogen) atoms. The lowest BCUT2D eigenvalue weighted by Crippen LogP contribution is -2.47. The van der Waals surface area contributed by atoms with Crippen molar-refractivity contribution in [3.8, 4) is 0 Å². The molecule has 2 N–H and O–H groups in total. The van der Waals surface area contributed by atoms with Gasteiger partial charge in [0.15, 0.2) is 8.68 Å². The van der Waals surface area contributed by atoms with Gasteiger partial charge in [0.25, 0.3) is 10.0 Å². The average Bonchev–Trinajstić information content (AvgIpc) is 2.86. The van der Waals surface area contributed by atoms with Gasteiger partial charge in [-0.3, -0.25) is 0 Å². The average molecular weight is 313 g/mol. The van der Waals surface area contributed by atoms with Crippen LogP contribution in [0, 0.1) is 0 Å². The summed E-state index contributed by atoms with van der Waals surface area (Å²) < 4.78 is 31.6. The Kier molecular flexibility index (Phi) is 3.96. The largest absolute Gasteiger partial charge is 0.386 e. The van der Waals surface area contributed by atoms with Crippen LogP contribution < -0.4 is 4.72 Å². The molecule has 1 aliphatic rings. The van der Waals surface area contributed by atoms with Crippen molar-refractivity contribution in [1.82, 2.24) is 9.71 Å². The smallest absolute Gasteiger partial charge is 0.251 e. The van der Waals surface area contributed by atoms with E-state index in [4.69, 9.17) is 16.3 Å². The highest BCUT2D eigenvalue weighted by Gasteiger charge is 2.40. The molecule has 0 saturated carbocycles. The van der Waals surface area contributed by atoms with E-state index in [0.717, 1.165) is 11.3 Å². The number of hydrogen-bond acceptors (Lipinski definition) is 6. The van der Waals surface area contributed by atoms with Gasteiger partial charge in [0.1, 0.15) is 5.60 Å². The van der Waals surface area contributed by atoms with E-state index in [9.17, 15) is 13.5 Å². The second-order valence-electron chi connectivity index (χ2n) is 4.12. The minimum Gasteiger partial charge on any atom is -0.386 e. The molecule has 2 rings (SSSR count). The fraction of sp³-hybridized carbons (Fsp3) is 0.667. The van der Waals surface area contributed by atoms with Gasteiger partial charge < -0.3 is 9.84 Å². The molecule has 1 saturated heterocycles. The fourth-order valence-corrected chi connectivity index (χ4v) is 4.10. The van der Waals surface area contributed by atoms with Crippen LogP contribution in [0.1, 0.15) is 13.3 Å². The highest BCUT2D eigenvalue weighted by Crippen LogP contribution is 2.26. The molecule has 0 aliphatic carbocycles. The lowest BCUT2D eigenvalue weighted by atomic mass is 9.97. The van der Waals surface area contributed by atoms with E-state index in [-0.39, 0.29) is 15.2 Å². The van der Waals surface area contributed by atoms with Crippen molar-refractivity contribution in [1.29, 1.82) is 0 Å². The fourth-order valence-electron chi connectivity index (χ4n) is 1.66. The van der Waals surface area contributed by atoms with E-state index in [0.29, 0.717) is 13.0 Å². The van der Waals surface area contributed by atoms with Crippen LogP contribution in [-0.4, -0.2) is 43.4 Å². The number of rotatable bonds is 4. The molecule has 9 heteroatoms. The Morgan fingerprint density at radius 2 is 2.50 bits per heavy atom. The van der Waals surface area contributed by atoms with E-state index >= 15 is 0 Å². The molecular formula is C9H13ClN2O4S2. The zero-order valence-corrected chi connectivity index (χ0v) is 12.0. The zero-order valence-electron chi connectivity index (χ0n) is 9.59. The number of nitrogens with zero attached hydrogens (tertiary/aromatic N) is 1. The van der Waals surface area contributed by atoms with Crippen LogP contribution in [-0.2, 0) is 14.8 Å². The molecule has 6 nitrogen and oxygen atoms in total. The SMILES string of the molecule is CC1OCCC1(O)CNS(=O)(=O)c1cnc(Cl)s1. The molecule has 1 fully saturated rings. The summed E-state index contributed by atoms with van der Waals surface area (Å²) in [5.41, 5.74) is -1.17. The number of aliphatic hydroxyl groups is 1. The summed E-state index contributed by atoms with van der Waals surface area (Å²) in [7, 11) is -3.68. The summed E-state index contributed by atoms with van der Waals surface area (Å²) in [5.74, 6) is 0.